The highest BCUT2D eigenvalue weighted by Gasteiger charge is 2.36. The number of nitrogens with two attached hydrogens (primary N) is 1. The van der Waals surface area contributed by atoms with Crippen LogP contribution in [-0.2, 0) is 15.7 Å². The molecule has 3 aromatic rings. The van der Waals surface area contributed by atoms with Crippen molar-refractivity contribution in [2.45, 2.75) is 51.4 Å². The highest BCUT2D eigenvalue weighted by atomic mass is 19.4. The van der Waals surface area contributed by atoms with Crippen LogP contribution in [0.4, 0.5) is 35.2 Å². The first-order valence-electron chi connectivity index (χ1n) is 13.3. The molecule has 0 spiro atoms. The summed E-state index contributed by atoms with van der Waals surface area (Å²) in [5.74, 6) is 1.69. The van der Waals surface area contributed by atoms with Crippen molar-refractivity contribution in [2.24, 2.45) is 11.7 Å². The number of nitrogens with zero attached hydrogens (tertiary/aromatic N) is 3. The average Bonchev–Trinajstić information content (AvgIpc) is 2.94. The predicted molar refractivity (Wildman–Crippen MR) is 152 cm³/mol. The second kappa shape index (κ2) is 12.6. The van der Waals surface area contributed by atoms with E-state index in [1.807, 2.05) is 13.8 Å². The van der Waals surface area contributed by atoms with Crippen molar-refractivity contribution in [3.63, 3.8) is 0 Å². The van der Waals surface area contributed by atoms with E-state index in [0.29, 0.717) is 42.7 Å². The summed E-state index contributed by atoms with van der Waals surface area (Å²) >= 11 is 0. The van der Waals surface area contributed by atoms with Gasteiger partial charge < -0.3 is 30.7 Å². The smallest absolute Gasteiger partial charge is 0.416 e. The summed E-state index contributed by atoms with van der Waals surface area (Å²) in [6.45, 7) is 6.85. The highest BCUT2D eigenvalue weighted by molar-refractivity contribution is 5.99. The van der Waals surface area contributed by atoms with Crippen LogP contribution in [0.3, 0.4) is 0 Å². The maximum absolute atomic E-state index is 13.2. The number of anilines is 3. The Kier molecular flexibility index (Phi) is 9.20. The number of ether oxygens (including phenoxy) is 2. The monoisotopic (exact) mass is 586 g/mol. The van der Waals surface area contributed by atoms with Gasteiger partial charge in [0.1, 0.15) is 23.5 Å². The molecule has 0 bridgehead atoms. The van der Waals surface area contributed by atoms with Gasteiger partial charge in [-0.1, -0.05) is 6.07 Å². The van der Waals surface area contributed by atoms with Gasteiger partial charge in [0.05, 0.1) is 5.56 Å². The third-order valence-electron chi connectivity index (χ3n) is 7.29. The summed E-state index contributed by atoms with van der Waals surface area (Å²) < 4.78 is 50.5. The van der Waals surface area contributed by atoms with Crippen LogP contribution >= 0.6 is 0 Å². The van der Waals surface area contributed by atoms with Crippen molar-refractivity contribution in [3.8, 4) is 11.6 Å². The lowest BCUT2D eigenvalue weighted by atomic mass is 9.81. The number of amides is 2. The van der Waals surface area contributed by atoms with Crippen LogP contribution in [0.2, 0.25) is 0 Å². The van der Waals surface area contributed by atoms with Crippen molar-refractivity contribution in [1.29, 1.82) is 0 Å². The van der Waals surface area contributed by atoms with E-state index in [1.165, 1.54) is 25.4 Å². The van der Waals surface area contributed by atoms with Crippen molar-refractivity contribution in [3.05, 3.63) is 66.0 Å². The molecular formula is C29H33F3N6O4. The van der Waals surface area contributed by atoms with Gasteiger partial charge in [-0.25, -0.2) is 14.8 Å². The first-order valence-corrected chi connectivity index (χ1v) is 13.3. The summed E-state index contributed by atoms with van der Waals surface area (Å²) in [6.07, 6.45) is -1.49. The first kappa shape index (κ1) is 30.6. The number of nitrogens with one attached hydrogen (secondary N) is 2. The van der Waals surface area contributed by atoms with Crippen LogP contribution < -0.4 is 26.0 Å². The van der Waals surface area contributed by atoms with E-state index in [9.17, 15) is 22.8 Å². The zero-order valence-electron chi connectivity index (χ0n) is 23.4. The fraction of sp³-hybridized carbons (Fsp3) is 0.379. The number of carbonyl (C=O) groups excluding carboxylic acids is 2. The van der Waals surface area contributed by atoms with Crippen LogP contribution in [0.5, 0.6) is 11.6 Å². The van der Waals surface area contributed by atoms with E-state index in [-0.39, 0.29) is 23.2 Å². The minimum atomic E-state index is -4.52. The van der Waals surface area contributed by atoms with Gasteiger partial charge in [-0.3, -0.25) is 4.79 Å². The number of rotatable bonds is 9. The molecule has 4 rings (SSSR count). The van der Waals surface area contributed by atoms with Crippen LogP contribution in [0.15, 0.2) is 54.9 Å². The van der Waals surface area contributed by atoms with E-state index in [4.69, 9.17) is 15.2 Å². The van der Waals surface area contributed by atoms with Gasteiger partial charge in [0, 0.05) is 36.6 Å². The normalized spacial score (nSPS) is 15.1. The summed E-state index contributed by atoms with van der Waals surface area (Å²) in [5, 5.41) is 4.99. The molecule has 0 radical (unpaired) electrons. The number of alkyl halides is 3. The Balaban J connectivity index is 1.31. The van der Waals surface area contributed by atoms with E-state index in [0.717, 1.165) is 18.9 Å². The number of piperidine rings is 1. The molecule has 13 heteroatoms. The standard InChI is InChI=1S/C29H33F3N6O4/c1-18-4-5-21(14-23(18)29(30,31)32)37-27(40)36-20-6-8-22(9-7-20)42-25-15-24(34-16-35-25)38-12-10-19(11-13-38)26(33)28(2,3)41-17-39/h4-9,14-17,19,26H,10-13,33H2,1-3H3,(H2,36,37,40). The SMILES string of the molecule is Cc1ccc(NC(=O)Nc2ccc(Oc3cc(N4CCC(C(N)C(C)(C)OC=O)CC4)ncn3)cc2)cc1C(F)(F)F. The average molecular weight is 587 g/mol. The Bertz CT molecular complexity index is 1390. The quantitative estimate of drug-likeness (QED) is 0.271. The number of benzene rings is 2. The molecule has 10 nitrogen and oxygen atoms in total. The highest BCUT2D eigenvalue weighted by Crippen LogP contribution is 2.34. The molecule has 224 valence electrons. The predicted octanol–water partition coefficient (Wildman–Crippen LogP) is 5.74. The maximum Gasteiger partial charge on any atom is 0.416 e. The van der Waals surface area contributed by atoms with Gasteiger partial charge >= 0.3 is 12.2 Å². The van der Waals surface area contributed by atoms with E-state index in [1.54, 1.807) is 30.3 Å². The van der Waals surface area contributed by atoms with Crippen LogP contribution in [-0.4, -0.2) is 47.2 Å². The Morgan fingerprint density at radius 2 is 1.69 bits per heavy atom. The molecule has 1 fully saturated rings. The molecule has 0 saturated carbocycles. The van der Waals surface area contributed by atoms with Gasteiger partial charge in [0.15, 0.2) is 0 Å². The lowest BCUT2D eigenvalue weighted by molar-refractivity contribution is -0.143. The minimum absolute atomic E-state index is 0.0211. The molecule has 2 amide bonds. The number of hydrogen-bond donors (Lipinski definition) is 3. The lowest BCUT2D eigenvalue weighted by Gasteiger charge is -2.40. The number of carbonyl (C=O) groups is 2. The van der Waals surface area contributed by atoms with Gasteiger partial charge in [-0.05, 0) is 81.5 Å². The molecule has 42 heavy (non-hydrogen) atoms. The lowest BCUT2D eigenvalue weighted by Crippen LogP contribution is -2.52. The molecule has 1 atom stereocenters. The second-order valence-corrected chi connectivity index (χ2v) is 10.6. The van der Waals surface area contributed by atoms with Gasteiger partial charge in [-0.2, -0.15) is 13.2 Å². The number of halogens is 3. The van der Waals surface area contributed by atoms with Crippen molar-refractivity contribution in [1.82, 2.24) is 9.97 Å². The first-order chi connectivity index (χ1) is 19.9. The topological polar surface area (TPSA) is 132 Å². The second-order valence-electron chi connectivity index (χ2n) is 10.6. The number of urea groups is 1. The van der Waals surface area contributed by atoms with E-state index >= 15 is 0 Å². The molecule has 1 aromatic heterocycles. The van der Waals surface area contributed by atoms with E-state index in [2.05, 4.69) is 25.5 Å². The molecule has 1 saturated heterocycles. The summed E-state index contributed by atoms with van der Waals surface area (Å²) in [6, 6.07) is 10.8. The molecule has 0 aliphatic carbocycles. The molecule has 1 unspecified atom stereocenters. The van der Waals surface area contributed by atoms with Gasteiger partial charge in [0.2, 0.25) is 5.88 Å². The summed E-state index contributed by atoms with van der Waals surface area (Å²) in [4.78, 5) is 33.8. The van der Waals surface area contributed by atoms with Gasteiger partial charge in [-0.15, -0.1) is 0 Å². The third kappa shape index (κ3) is 7.66. The summed E-state index contributed by atoms with van der Waals surface area (Å²) in [7, 11) is 0. The van der Waals surface area contributed by atoms with Crippen LogP contribution in [0.1, 0.15) is 37.8 Å². The molecular weight excluding hydrogens is 553 g/mol. The molecule has 1 aliphatic rings. The third-order valence-corrected chi connectivity index (χ3v) is 7.29. The van der Waals surface area contributed by atoms with Crippen LogP contribution in [0, 0.1) is 12.8 Å². The number of aryl methyl sites for hydroxylation is 1. The maximum atomic E-state index is 13.2. The van der Waals surface area contributed by atoms with Gasteiger partial charge in [0.25, 0.3) is 6.47 Å². The molecule has 4 N–H and O–H groups in total. The molecule has 2 heterocycles. The fourth-order valence-corrected chi connectivity index (χ4v) is 4.84. The Morgan fingerprint density at radius 1 is 1.05 bits per heavy atom. The zero-order valence-corrected chi connectivity index (χ0v) is 23.4. The van der Waals surface area contributed by atoms with E-state index < -0.39 is 23.4 Å². The summed E-state index contributed by atoms with van der Waals surface area (Å²) in [5.41, 5.74) is 5.33. The molecule has 2 aromatic carbocycles. The van der Waals surface area contributed by atoms with Crippen LogP contribution in [0.25, 0.3) is 0 Å². The number of aromatic nitrogens is 2. The number of hydrogen-bond acceptors (Lipinski definition) is 8. The zero-order chi connectivity index (χ0) is 30.5. The van der Waals surface area contributed by atoms with Crippen molar-refractivity contribution >= 4 is 29.7 Å². The van der Waals surface area contributed by atoms with Crippen molar-refractivity contribution in [2.75, 3.05) is 28.6 Å². The fourth-order valence-electron chi connectivity index (χ4n) is 4.84. The Hall–Kier alpha value is -4.39. The Labute approximate surface area is 241 Å². The minimum Gasteiger partial charge on any atom is -0.460 e. The molecule has 1 aliphatic heterocycles. The van der Waals surface area contributed by atoms with Crippen molar-refractivity contribution < 1.29 is 32.2 Å². The largest absolute Gasteiger partial charge is 0.460 e. The Morgan fingerprint density at radius 3 is 2.33 bits per heavy atom.